The van der Waals surface area contributed by atoms with Gasteiger partial charge < -0.3 is 15.7 Å². The Morgan fingerprint density at radius 3 is 2.89 bits per heavy atom. The first kappa shape index (κ1) is 13.8. The van der Waals surface area contributed by atoms with Gasteiger partial charge in [0.25, 0.3) is 0 Å². The Bertz CT molecular complexity index is 424. The van der Waals surface area contributed by atoms with Crippen LogP contribution in [0.4, 0.5) is 10.5 Å². The molecule has 1 aromatic heterocycles. The van der Waals surface area contributed by atoms with Crippen LogP contribution in [0.2, 0.25) is 0 Å². The van der Waals surface area contributed by atoms with Gasteiger partial charge in [-0.05, 0) is 25.0 Å². The van der Waals surface area contributed by atoms with Crippen molar-refractivity contribution in [3.8, 4) is 0 Å². The molecule has 3 N–H and O–H groups in total. The molecular formula is C14H21N3O2. The first-order valence-electron chi connectivity index (χ1n) is 6.73. The van der Waals surface area contributed by atoms with E-state index in [2.05, 4.69) is 15.6 Å². The van der Waals surface area contributed by atoms with Gasteiger partial charge in [-0.15, -0.1) is 0 Å². The number of anilines is 1. The second-order valence-corrected chi connectivity index (χ2v) is 5.46. The molecule has 1 heterocycles. The average molecular weight is 263 g/mol. The van der Waals surface area contributed by atoms with Crippen LogP contribution in [0.5, 0.6) is 0 Å². The second kappa shape index (κ2) is 6.02. The van der Waals surface area contributed by atoms with Gasteiger partial charge in [-0.1, -0.05) is 19.8 Å². The van der Waals surface area contributed by atoms with Gasteiger partial charge >= 0.3 is 6.03 Å². The lowest BCUT2D eigenvalue weighted by Crippen LogP contribution is -2.46. The van der Waals surface area contributed by atoms with E-state index >= 15 is 0 Å². The molecular weight excluding hydrogens is 242 g/mol. The molecule has 0 saturated heterocycles. The quantitative estimate of drug-likeness (QED) is 0.782. The summed E-state index contributed by atoms with van der Waals surface area (Å²) in [6.07, 6.45) is 6.88. The van der Waals surface area contributed by atoms with Crippen LogP contribution in [0.15, 0.2) is 24.5 Å². The Balaban J connectivity index is 1.83. The number of nitrogens with zero attached hydrogens (tertiary/aromatic N) is 1. The highest BCUT2D eigenvalue weighted by molar-refractivity contribution is 5.89. The molecule has 1 aliphatic carbocycles. The van der Waals surface area contributed by atoms with Gasteiger partial charge in [0.2, 0.25) is 0 Å². The van der Waals surface area contributed by atoms with Gasteiger partial charge in [-0.25, -0.2) is 4.79 Å². The smallest absolute Gasteiger partial charge is 0.319 e. The van der Waals surface area contributed by atoms with Gasteiger partial charge in [0.05, 0.1) is 6.10 Å². The summed E-state index contributed by atoms with van der Waals surface area (Å²) < 4.78 is 0. The van der Waals surface area contributed by atoms with Crippen molar-refractivity contribution in [2.24, 2.45) is 5.41 Å². The van der Waals surface area contributed by atoms with E-state index in [1.165, 1.54) is 0 Å². The predicted octanol–water partition coefficient (Wildman–Crippen LogP) is 2.14. The number of aromatic nitrogens is 1. The lowest BCUT2D eigenvalue weighted by atomic mass is 9.73. The van der Waals surface area contributed by atoms with E-state index in [1.54, 1.807) is 24.5 Å². The number of aliphatic hydroxyl groups is 1. The highest BCUT2D eigenvalue weighted by atomic mass is 16.3. The largest absolute Gasteiger partial charge is 0.392 e. The molecule has 1 aromatic rings. The van der Waals surface area contributed by atoms with E-state index in [4.69, 9.17) is 0 Å². The fraction of sp³-hybridized carbons (Fsp3) is 0.571. The van der Waals surface area contributed by atoms with E-state index in [0.717, 1.165) is 25.7 Å². The van der Waals surface area contributed by atoms with Crippen molar-refractivity contribution in [3.05, 3.63) is 24.5 Å². The zero-order valence-electron chi connectivity index (χ0n) is 11.2. The zero-order valence-corrected chi connectivity index (χ0v) is 11.2. The summed E-state index contributed by atoms with van der Waals surface area (Å²) in [6, 6.07) is 3.22. The van der Waals surface area contributed by atoms with Gasteiger partial charge in [-0.2, -0.15) is 0 Å². The number of hydrogen-bond donors (Lipinski definition) is 3. The van der Waals surface area contributed by atoms with Gasteiger partial charge in [0, 0.05) is 30.0 Å². The highest BCUT2D eigenvalue weighted by Crippen LogP contribution is 2.35. The number of pyridine rings is 1. The molecule has 0 aliphatic heterocycles. The summed E-state index contributed by atoms with van der Waals surface area (Å²) in [5, 5.41) is 15.6. The molecule has 1 saturated carbocycles. The number of amides is 2. The molecule has 19 heavy (non-hydrogen) atoms. The molecule has 2 amide bonds. The van der Waals surface area contributed by atoms with Crippen molar-refractivity contribution in [2.75, 3.05) is 11.9 Å². The summed E-state index contributed by atoms with van der Waals surface area (Å²) in [5.74, 6) is 0. The molecule has 0 radical (unpaired) electrons. The number of rotatable bonds is 3. The Kier molecular flexibility index (Phi) is 4.37. The second-order valence-electron chi connectivity index (χ2n) is 5.46. The number of carbonyl (C=O) groups is 1. The third-order valence-electron chi connectivity index (χ3n) is 3.87. The Hall–Kier alpha value is -1.62. The highest BCUT2D eigenvalue weighted by Gasteiger charge is 2.35. The lowest BCUT2D eigenvalue weighted by Gasteiger charge is -2.38. The van der Waals surface area contributed by atoms with Crippen LogP contribution in [-0.4, -0.2) is 28.8 Å². The van der Waals surface area contributed by atoms with Crippen molar-refractivity contribution in [2.45, 2.75) is 38.7 Å². The SMILES string of the molecule is CC1(CNC(=O)Nc2ccncc2)CCCCC1O. The van der Waals surface area contributed by atoms with Crippen LogP contribution >= 0.6 is 0 Å². The molecule has 2 atom stereocenters. The Morgan fingerprint density at radius 2 is 2.21 bits per heavy atom. The topological polar surface area (TPSA) is 74.2 Å². The standard InChI is InChI=1S/C14H21N3O2/c1-14(7-3-2-4-12(14)18)10-16-13(19)17-11-5-8-15-9-6-11/h5-6,8-9,12,18H,2-4,7,10H2,1H3,(H2,15,16,17,19). The normalized spacial score (nSPS) is 26.7. The Labute approximate surface area is 113 Å². The minimum atomic E-state index is -0.331. The van der Waals surface area contributed by atoms with Crippen LogP contribution < -0.4 is 10.6 Å². The third kappa shape index (κ3) is 3.67. The van der Waals surface area contributed by atoms with Crippen molar-refractivity contribution < 1.29 is 9.90 Å². The summed E-state index contributed by atoms with van der Waals surface area (Å²) >= 11 is 0. The van der Waals surface area contributed by atoms with Crippen LogP contribution in [0.3, 0.4) is 0 Å². The van der Waals surface area contributed by atoms with E-state index < -0.39 is 0 Å². The number of nitrogens with one attached hydrogen (secondary N) is 2. The number of carbonyl (C=O) groups excluding carboxylic acids is 1. The van der Waals surface area contributed by atoms with E-state index in [9.17, 15) is 9.90 Å². The van der Waals surface area contributed by atoms with Crippen molar-refractivity contribution in [1.29, 1.82) is 0 Å². The molecule has 5 heteroatoms. The van der Waals surface area contributed by atoms with Gasteiger partial charge in [-0.3, -0.25) is 4.98 Å². The van der Waals surface area contributed by atoms with Crippen LogP contribution in [0.1, 0.15) is 32.6 Å². The molecule has 0 bridgehead atoms. The van der Waals surface area contributed by atoms with Crippen molar-refractivity contribution in [1.82, 2.24) is 10.3 Å². The summed E-state index contributed by atoms with van der Waals surface area (Å²) in [6.45, 7) is 2.52. The molecule has 2 unspecified atom stereocenters. The number of hydrogen-bond acceptors (Lipinski definition) is 3. The minimum Gasteiger partial charge on any atom is -0.392 e. The van der Waals surface area contributed by atoms with E-state index in [-0.39, 0.29) is 17.6 Å². The average Bonchev–Trinajstić information content (AvgIpc) is 2.41. The zero-order chi connectivity index (χ0) is 13.7. The van der Waals surface area contributed by atoms with Crippen LogP contribution in [0.25, 0.3) is 0 Å². The van der Waals surface area contributed by atoms with Crippen LogP contribution in [-0.2, 0) is 0 Å². The minimum absolute atomic E-state index is 0.214. The lowest BCUT2D eigenvalue weighted by molar-refractivity contribution is 0.00333. The molecule has 104 valence electrons. The maximum atomic E-state index is 11.8. The number of urea groups is 1. The molecule has 5 nitrogen and oxygen atoms in total. The maximum absolute atomic E-state index is 11.8. The number of aliphatic hydroxyl groups excluding tert-OH is 1. The van der Waals surface area contributed by atoms with Gasteiger partial charge in [0.1, 0.15) is 0 Å². The molecule has 0 aromatic carbocycles. The molecule has 1 aliphatic rings. The fourth-order valence-corrected chi connectivity index (χ4v) is 2.48. The molecule has 1 fully saturated rings. The predicted molar refractivity (Wildman–Crippen MR) is 73.8 cm³/mol. The van der Waals surface area contributed by atoms with Gasteiger partial charge in [0.15, 0.2) is 0 Å². The van der Waals surface area contributed by atoms with E-state index in [0.29, 0.717) is 12.2 Å². The Morgan fingerprint density at radius 1 is 1.47 bits per heavy atom. The van der Waals surface area contributed by atoms with Crippen molar-refractivity contribution in [3.63, 3.8) is 0 Å². The first-order valence-corrected chi connectivity index (χ1v) is 6.73. The fourth-order valence-electron chi connectivity index (χ4n) is 2.48. The summed E-state index contributed by atoms with van der Waals surface area (Å²) in [7, 11) is 0. The van der Waals surface area contributed by atoms with Crippen molar-refractivity contribution >= 4 is 11.7 Å². The third-order valence-corrected chi connectivity index (χ3v) is 3.87. The van der Waals surface area contributed by atoms with E-state index in [1.807, 2.05) is 6.92 Å². The monoisotopic (exact) mass is 263 g/mol. The first-order chi connectivity index (χ1) is 9.10. The summed E-state index contributed by atoms with van der Waals surface area (Å²) in [5.41, 5.74) is 0.496. The molecule has 0 spiro atoms. The molecule has 2 rings (SSSR count). The maximum Gasteiger partial charge on any atom is 0.319 e. The summed E-state index contributed by atoms with van der Waals surface area (Å²) in [4.78, 5) is 15.7. The van der Waals surface area contributed by atoms with Crippen LogP contribution in [0, 0.1) is 5.41 Å².